The molecule has 0 spiro atoms. The standard InChI is InChI=1S/C14H16N2/c15-13-7-4-8-14(16)12(13)10-9-11-5-2-1-3-6-11/h1-8H,9-10,15-16H2. The number of nitrogen functional groups attached to an aromatic ring is 2. The molecule has 2 nitrogen and oxygen atoms in total. The number of rotatable bonds is 3. The molecule has 82 valence electrons. The molecule has 2 heteroatoms. The minimum absolute atomic E-state index is 0.788. The van der Waals surface area contributed by atoms with Crippen LogP contribution >= 0.6 is 0 Å². The average Bonchev–Trinajstić information content (AvgIpc) is 2.30. The van der Waals surface area contributed by atoms with E-state index >= 15 is 0 Å². The van der Waals surface area contributed by atoms with Crippen molar-refractivity contribution in [1.82, 2.24) is 0 Å². The van der Waals surface area contributed by atoms with Crippen molar-refractivity contribution in [3.05, 3.63) is 59.7 Å². The molecule has 0 atom stereocenters. The third-order valence-corrected chi connectivity index (χ3v) is 2.75. The summed E-state index contributed by atoms with van der Waals surface area (Å²) in [5.74, 6) is 0. The van der Waals surface area contributed by atoms with Gasteiger partial charge in [0.05, 0.1) is 0 Å². The molecule has 2 aromatic rings. The minimum Gasteiger partial charge on any atom is -0.398 e. The molecule has 0 aliphatic rings. The molecule has 0 bridgehead atoms. The molecular formula is C14H16N2. The van der Waals surface area contributed by atoms with E-state index < -0.39 is 0 Å². The summed E-state index contributed by atoms with van der Waals surface area (Å²) >= 11 is 0. The quantitative estimate of drug-likeness (QED) is 0.768. The molecule has 0 saturated carbocycles. The number of anilines is 2. The molecule has 0 amide bonds. The average molecular weight is 212 g/mol. The van der Waals surface area contributed by atoms with E-state index in [1.54, 1.807) is 0 Å². The van der Waals surface area contributed by atoms with Gasteiger partial charge in [-0.3, -0.25) is 0 Å². The van der Waals surface area contributed by atoms with Gasteiger partial charge in [-0.25, -0.2) is 0 Å². The van der Waals surface area contributed by atoms with Crippen molar-refractivity contribution in [1.29, 1.82) is 0 Å². The van der Waals surface area contributed by atoms with Gasteiger partial charge in [-0.1, -0.05) is 36.4 Å². The Hall–Kier alpha value is -1.96. The smallest absolute Gasteiger partial charge is 0.0367 e. The number of aryl methyl sites for hydroxylation is 1. The fourth-order valence-corrected chi connectivity index (χ4v) is 1.83. The number of benzene rings is 2. The molecule has 0 heterocycles. The topological polar surface area (TPSA) is 52.0 Å². The highest BCUT2D eigenvalue weighted by Crippen LogP contribution is 2.21. The molecule has 0 radical (unpaired) electrons. The lowest BCUT2D eigenvalue weighted by molar-refractivity contribution is 0.966. The van der Waals surface area contributed by atoms with Crippen LogP contribution in [-0.2, 0) is 12.8 Å². The van der Waals surface area contributed by atoms with Crippen molar-refractivity contribution in [2.24, 2.45) is 0 Å². The van der Waals surface area contributed by atoms with Crippen LogP contribution in [-0.4, -0.2) is 0 Å². The van der Waals surface area contributed by atoms with Gasteiger partial charge in [0, 0.05) is 11.4 Å². The first kappa shape index (κ1) is 10.6. The van der Waals surface area contributed by atoms with Crippen LogP contribution in [0.25, 0.3) is 0 Å². The zero-order valence-corrected chi connectivity index (χ0v) is 9.19. The number of hydrogen-bond acceptors (Lipinski definition) is 2. The van der Waals surface area contributed by atoms with Crippen LogP contribution in [0.1, 0.15) is 11.1 Å². The largest absolute Gasteiger partial charge is 0.398 e. The van der Waals surface area contributed by atoms with Crippen molar-refractivity contribution in [3.63, 3.8) is 0 Å². The molecule has 0 aliphatic heterocycles. The zero-order chi connectivity index (χ0) is 11.4. The Morgan fingerprint density at radius 2 is 1.31 bits per heavy atom. The first-order valence-electron chi connectivity index (χ1n) is 5.44. The second kappa shape index (κ2) is 4.71. The Morgan fingerprint density at radius 3 is 1.94 bits per heavy atom. The maximum atomic E-state index is 5.91. The summed E-state index contributed by atoms with van der Waals surface area (Å²) in [5, 5.41) is 0. The number of hydrogen-bond donors (Lipinski definition) is 2. The maximum absolute atomic E-state index is 5.91. The summed E-state index contributed by atoms with van der Waals surface area (Å²) in [4.78, 5) is 0. The van der Waals surface area contributed by atoms with Crippen LogP contribution in [0.3, 0.4) is 0 Å². The predicted octanol–water partition coefficient (Wildman–Crippen LogP) is 2.64. The lowest BCUT2D eigenvalue weighted by Gasteiger charge is -2.08. The van der Waals surface area contributed by atoms with Crippen LogP contribution in [0.2, 0.25) is 0 Å². The summed E-state index contributed by atoms with van der Waals surface area (Å²) in [6.45, 7) is 0. The Labute approximate surface area is 95.9 Å². The van der Waals surface area contributed by atoms with Crippen LogP contribution < -0.4 is 11.5 Å². The van der Waals surface area contributed by atoms with Crippen LogP contribution in [0.5, 0.6) is 0 Å². The molecule has 0 fully saturated rings. The highest BCUT2D eigenvalue weighted by molar-refractivity contribution is 5.61. The lowest BCUT2D eigenvalue weighted by Crippen LogP contribution is -2.01. The van der Waals surface area contributed by atoms with Gasteiger partial charge in [-0.2, -0.15) is 0 Å². The minimum atomic E-state index is 0.788. The fourth-order valence-electron chi connectivity index (χ4n) is 1.83. The monoisotopic (exact) mass is 212 g/mol. The second-order valence-corrected chi connectivity index (χ2v) is 3.90. The molecule has 0 unspecified atom stereocenters. The Morgan fingerprint density at radius 1 is 0.688 bits per heavy atom. The Balaban J connectivity index is 2.11. The van der Waals surface area contributed by atoms with Gasteiger partial charge in [-0.15, -0.1) is 0 Å². The van der Waals surface area contributed by atoms with Crippen molar-refractivity contribution in [2.75, 3.05) is 11.5 Å². The van der Waals surface area contributed by atoms with Crippen LogP contribution in [0, 0.1) is 0 Å². The van der Waals surface area contributed by atoms with Crippen molar-refractivity contribution in [2.45, 2.75) is 12.8 Å². The third-order valence-electron chi connectivity index (χ3n) is 2.75. The van der Waals surface area contributed by atoms with Gasteiger partial charge < -0.3 is 11.5 Å². The molecule has 0 saturated heterocycles. The molecule has 2 rings (SSSR count). The summed E-state index contributed by atoms with van der Waals surface area (Å²) in [6.07, 6.45) is 1.86. The van der Waals surface area contributed by atoms with Crippen LogP contribution in [0.15, 0.2) is 48.5 Å². The van der Waals surface area contributed by atoms with E-state index in [9.17, 15) is 0 Å². The molecule has 16 heavy (non-hydrogen) atoms. The molecule has 4 N–H and O–H groups in total. The first-order chi connectivity index (χ1) is 7.77. The van der Waals surface area contributed by atoms with Gasteiger partial charge in [0.1, 0.15) is 0 Å². The summed E-state index contributed by atoms with van der Waals surface area (Å²) < 4.78 is 0. The maximum Gasteiger partial charge on any atom is 0.0367 e. The Kier molecular flexibility index (Phi) is 3.10. The molecular weight excluding hydrogens is 196 g/mol. The van der Waals surface area contributed by atoms with E-state index in [2.05, 4.69) is 12.1 Å². The summed E-state index contributed by atoms with van der Waals surface area (Å²) in [5.41, 5.74) is 15.8. The van der Waals surface area contributed by atoms with E-state index in [1.807, 2.05) is 36.4 Å². The predicted molar refractivity (Wildman–Crippen MR) is 69.1 cm³/mol. The third kappa shape index (κ3) is 2.34. The first-order valence-corrected chi connectivity index (χ1v) is 5.44. The van der Waals surface area contributed by atoms with E-state index in [-0.39, 0.29) is 0 Å². The van der Waals surface area contributed by atoms with E-state index in [0.717, 1.165) is 29.8 Å². The number of nitrogens with two attached hydrogens (primary N) is 2. The summed E-state index contributed by atoms with van der Waals surface area (Å²) in [6, 6.07) is 16.0. The zero-order valence-electron chi connectivity index (χ0n) is 9.19. The second-order valence-electron chi connectivity index (χ2n) is 3.90. The van der Waals surface area contributed by atoms with Gasteiger partial charge in [0.25, 0.3) is 0 Å². The fraction of sp³-hybridized carbons (Fsp3) is 0.143. The van der Waals surface area contributed by atoms with Gasteiger partial charge >= 0.3 is 0 Å². The Bertz CT molecular complexity index is 443. The van der Waals surface area contributed by atoms with Gasteiger partial charge in [-0.05, 0) is 36.1 Å². The van der Waals surface area contributed by atoms with Gasteiger partial charge in [0.15, 0.2) is 0 Å². The lowest BCUT2D eigenvalue weighted by atomic mass is 10.0. The molecule has 0 aliphatic carbocycles. The van der Waals surface area contributed by atoms with Crippen molar-refractivity contribution < 1.29 is 0 Å². The van der Waals surface area contributed by atoms with Crippen molar-refractivity contribution >= 4 is 11.4 Å². The highest BCUT2D eigenvalue weighted by atomic mass is 14.6. The highest BCUT2D eigenvalue weighted by Gasteiger charge is 2.03. The molecule has 0 aromatic heterocycles. The normalized spacial score (nSPS) is 10.2. The van der Waals surface area contributed by atoms with E-state index in [0.29, 0.717) is 0 Å². The van der Waals surface area contributed by atoms with Gasteiger partial charge in [0.2, 0.25) is 0 Å². The molecule has 2 aromatic carbocycles. The van der Waals surface area contributed by atoms with E-state index in [4.69, 9.17) is 11.5 Å². The van der Waals surface area contributed by atoms with E-state index in [1.165, 1.54) is 5.56 Å². The summed E-state index contributed by atoms with van der Waals surface area (Å²) in [7, 11) is 0. The SMILES string of the molecule is Nc1cccc(N)c1CCc1ccccc1. The van der Waals surface area contributed by atoms with Crippen molar-refractivity contribution in [3.8, 4) is 0 Å². The van der Waals surface area contributed by atoms with Crippen LogP contribution in [0.4, 0.5) is 11.4 Å².